The van der Waals surface area contributed by atoms with Crippen molar-refractivity contribution in [2.45, 2.75) is 40.2 Å². The fourth-order valence-corrected chi connectivity index (χ4v) is 2.60. The molecule has 23 heavy (non-hydrogen) atoms. The zero-order chi connectivity index (χ0) is 17.0. The molecule has 1 heterocycles. The van der Waals surface area contributed by atoms with Crippen molar-refractivity contribution in [3.8, 4) is 5.75 Å². The second kappa shape index (κ2) is 7.35. The van der Waals surface area contributed by atoms with Gasteiger partial charge in [0, 0.05) is 5.92 Å². The molecule has 4 nitrogen and oxygen atoms in total. The Kier molecular flexibility index (Phi) is 5.69. The van der Waals surface area contributed by atoms with E-state index in [9.17, 15) is 4.79 Å². The van der Waals surface area contributed by atoms with Gasteiger partial charge >= 0.3 is 0 Å². The summed E-state index contributed by atoms with van der Waals surface area (Å²) in [5.74, 6) is 2.01. The normalized spacial score (nSPS) is 16.8. The summed E-state index contributed by atoms with van der Waals surface area (Å²) in [4.78, 5) is 12.4. The van der Waals surface area contributed by atoms with Crippen LogP contribution in [0.15, 0.2) is 24.3 Å². The van der Waals surface area contributed by atoms with Crippen LogP contribution in [0.1, 0.15) is 40.2 Å². The third-order valence-corrected chi connectivity index (χ3v) is 4.53. The maximum atomic E-state index is 12.4. The second-order valence-corrected chi connectivity index (χ2v) is 7.55. The van der Waals surface area contributed by atoms with E-state index in [0.29, 0.717) is 18.4 Å². The van der Waals surface area contributed by atoms with E-state index in [-0.39, 0.29) is 17.4 Å². The van der Waals surface area contributed by atoms with Crippen molar-refractivity contribution in [1.29, 1.82) is 0 Å². The zero-order valence-electron chi connectivity index (χ0n) is 15.0. The first kappa shape index (κ1) is 17.8. The average Bonchev–Trinajstić information content (AvgIpc) is 2.43. The summed E-state index contributed by atoms with van der Waals surface area (Å²) in [5, 5.41) is 6.41. The SMILES string of the molecule is CC(C)COc1ccc(C(C)(C)NC(=O)C(C)C2CNC2)cc1. The standard InChI is InChI=1S/C19H30N2O2/c1-13(2)12-23-17-8-6-16(7-9-17)19(4,5)21-18(22)14(3)15-10-20-11-15/h6-9,13-15,20H,10-12H2,1-5H3,(H,21,22). The average molecular weight is 318 g/mol. The first-order valence-electron chi connectivity index (χ1n) is 8.55. The van der Waals surface area contributed by atoms with Gasteiger partial charge in [0.05, 0.1) is 12.1 Å². The molecule has 0 aliphatic carbocycles. The molecular weight excluding hydrogens is 288 g/mol. The molecule has 1 aliphatic heterocycles. The van der Waals surface area contributed by atoms with Crippen molar-refractivity contribution in [1.82, 2.24) is 10.6 Å². The highest BCUT2D eigenvalue weighted by molar-refractivity contribution is 5.79. The van der Waals surface area contributed by atoms with Gasteiger partial charge in [0.25, 0.3) is 0 Å². The predicted molar refractivity (Wildman–Crippen MR) is 93.5 cm³/mol. The van der Waals surface area contributed by atoms with Gasteiger partial charge in [-0.1, -0.05) is 32.9 Å². The summed E-state index contributed by atoms with van der Waals surface area (Å²) in [5.41, 5.74) is 0.695. The molecule has 2 rings (SSSR count). The van der Waals surface area contributed by atoms with E-state index >= 15 is 0 Å². The van der Waals surface area contributed by atoms with Crippen molar-refractivity contribution in [3.05, 3.63) is 29.8 Å². The summed E-state index contributed by atoms with van der Waals surface area (Å²) in [6, 6.07) is 8.02. The van der Waals surface area contributed by atoms with Crippen LogP contribution >= 0.6 is 0 Å². The minimum absolute atomic E-state index is 0.0455. The molecule has 128 valence electrons. The summed E-state index contributed by atoms with van der Waals surface area (Å²) in [7, 11) is 0. The molecule has 1 saturated heterocycles. The Hall–Kier alpha value is -1.55. The quantitative estimate of drug-likeness (QED) is 0.813. The van der Waals surface area contributed by atoms with Crippen LogP contribution in [0.5, 0.6) is 5.75 Å². The molecular formula is C19H30N2O2. The fraction of sp³-hybridized carbons (Fsp3) is 0.632. The summed E-state index contributed by atoms with van der Waals surface area (Å²) >= 11 is 0. The summed E-state index contributed by atoms with van der Waals surface area (Å²) in [6.45, 7) is 13.0. The van der Waals surface area contributed by atoms with Gasteiger partial charge in [-0.15, -0.1) is 0 Å². The largest absolute Gasteiger partial charge is 0.493 e. The fourth-order valence-electron chi connectivity index (χ4n) is 2.60. The first-order valence-corrected chi connectivity index (χ1v) is 8.55. The molecule has 1 atom stereocenters. The van der Waals surface area contributed by atoms with E-state index < -0.39 is 0 Å². The number of carbonyl (C=O) groups is 1. The lowest BCUT2D eigenvalue weighted by molar-refractivity contribution is -0.128. The highest BCUT2D eigenvalue weighted by Gasteiger charge is 2.32. The van der Waals surface area contributed by atoms with Gasteiger partial charge in [-0.3, -0.25) is 4.79 Å². The van der Waals surface area contributed by atoms with E-state index in [2.05, 4.69) is 24.5 Å². The van der Waals surface area contributed by atoms with Gasteiger partial charge in [-0.2, -0.15) is 0 Å². The maximum Gasteiger partial charge on any atom is 0.223 e. The lowest BCUT2D eigenvalue weighted by atomic mass is 9.86. The minimum atomic E-state index is -0.390. The molecule has 2 N–H and O–H groups in total. The third-order valence-electron chi connectivity index (χ3n) is 4.53. The second-order valence-electron chi connectivity index (χ2n) is 7.55. The Morgan fingerprint density at radius 2 is 1.87 bits per heavy atom. The van der Waals surface area contributed by atoms with Crippen LogP contribution in [0, 0.1) is 17.8 Å². The van der Waals surface area contributed by atoms with E-state index in [1.54, 1.807) is 0 Å². The van der Waals surface area contributed by atoms with Crippen LogP contribution < -0.4 is 15.4 Å². The number of benzene rings is 1. The minimum Gasteiger partial charge on any atom is -0.493 e. The van der Waals surface area contributed by atoms with Gasteiger partial charge in [0.2, 0.25) is 5.91 Å². The van der Waals surface area contributed by atoms with E-state index in [1.807, 2.05) is 45.0 Å². The highest BCUT2D eigenvalue weighted by atomic mass is 16.5. The van der Waals surface area contributed by atoms with Crippen molar-refractivity contribution >= 4 is 5.91 Å². The smallest absolute Gasteiger partial charge is 0.223 e. The van der Waals surface area contributed by atoms with Gasteiger partial charge < -0.3 is 15.4 Å². The Morgan fingerprint density at radius 1 is 1.26 bits per heavy atom. The molecule has 0 spiro atoms. The molecule has 1 unspecified atom stereocenters. The van der Waals surface area contributed by atoms with Gasteiger partial charge in [-0.05, 0) is 56.5 Å². The molecule has 1 fully saturated rings. The Labute approximate surface area is 140 Å². The molecule has 1 aromatic rings. The van der Waals surface area contributed by atoms with Gasteiger partial charge in [-0.25, -0.2) is 0 Å². The number of carbonyl (C=O) groups excluding carboxylic acids is 1. The third kappa shape index (κ3) is 4.71. The molecule has 1 aliphatic rings. The van der Waals surface area contributed by atoms with Crippen molar-refractivity contribution in [2.75, 3.05) is 19.7 Å². The van der Waals surface area contributed by atoms with Gasteiger partial charge in [0.15, 0.2) is 0 Å². The van der Waals surface area contributed by atoms with E-state index in [4.69, 9.17) is 4.74 Å². The van der Waals surface area contributed by atoms with Crippen LogP contribution in [0.3, 0.4) is 0 Å². The topological polar surface area (TPSA) is 50.4 Å². The Balaban J connectivity index is 1.96. The van der Waals surface area contributed by atoms with E-state index in [1.165, 1.54) is 0 Å². The van der Waals surface area contributed by atoms with Crippen LogP contribution in [0.2, 0.25) is 0 Å². The summed E-state index contributed by atoms with van der Waals surface area (Å²) < 4.78 is 5.71. The van der Waals surface area contributed by atoms with Crippen LogP contribution in [0.25, 0.3) is 0 Å². The molecule has 0 radical (unpaired) electrons. The Bertz CT molecular complexity index is 519. The monoisotopic (exact) mass is 318 g/mol. The highest BCUT2D eigenvalue weighted by Crippen LogP contribution is 2.25. The van der Waals surface area contributed by atoms with Gasteiger partial charge in [0.1, 0.15) is 5.75 Å². The van der Waals surface area contributed by atoms with Crippen molar-refractivity contribution < 1.29 is 9.53 Å². The van der Waals surface area contributed by atoms with Crippen molar-refractivity contribution in [2.24, 2.45) is 17.8 Å². The number of rotatable bonds is 7. The van der Waals surface area contributed by atoms with Crippen LogP contribution in [-0.2, 0) is 10.3 Å². The number of ether oxygens (including phenoxy) is 1. The number of hydrogen-bond donors (Lipinski definition) is 2. The Morgan fingerprint density at radius 3 is 2.35 bits per heavy atom. The molecule has 0 bridgehead atoms. The number of amides is 1. The number of nitrogens with one attached hydrogen (secondary N) is 2. The number of hydrogen-bond acceptors (Lipinski definition) is 3. The molecule has 0 aromatic heterocycles. The van der Waals surface area contributed by atoms with E-state index in [0.717, 1.165) is 24.4 Å². The first-order chi connectivity index (χ1) is 10.8. The molecule has 4 heteroatoms. The zero-order valence-corrected chi connectivity index (χ0v) is 15.0. The maximum absolute atomic E-state index is 12.4. The lowest BCUT2D eigenvalue weighted by Gasteiger charge is -2.35. The van der Waals surface area contributed by atoms with Crippen molar-refractivity contribution in [3.63, 3.8) is 0 Å². The predicted octanol–water partition coefficient (Wildman–Crippen LogP) is 2.93. The van der Waals surface area contributed by atoms with Crippen LogP contribution in [-0.4, -0.2) is 25.6 Å². The summed E-state index contributed by atoms with van der Waals surface area (Å²) in [6.07, 6.45) is 0. The lowest BCUT2D eigenvalue weighted by Crippen LogP contribution is -2.52. The molecule has 0 saturated carbocycles. The molecule has 1 amide bonds. The molecule has 1 aromatic carbocycles. The van der Waals surface area contributed by atoms with Crippen LogP contribution in [0.4, 0.5) is 0 Å².